The quantitative estimate of drug-likeness (QED) is 0.729. The zero-order valence-electron chi connectivity index (χ0n) is 8.01. The number of amides is 1. The second-order valence-corrected chi connectivity index (χ2v) is 4.57. The first-order valence-corrected chi connectivity index (χ1v) is 5.52. The number of anilines is 1. The van der Waals surface area contributed by atoms with Gasteiger partial charge in [-0.05, 0) is 6.42 Å². The molecular formula is C10H7BrF3NO. The molecule has 0 saturated carbocycles. The van der Waals surface area contributed by atoms with Crippen LogP contribution < -0.4 is 4.90 Å². The van der Waals surface area contributed by atoms with Gasteiger partial charge in [0.1, 0.15) is 11.5 Å². The van der Waals surface area contributed by atoms with Gasteiger partial charge in [-0.2, -0.15) is 0 Å². The van der Waals surface area contributed by atoms with Crippen molar-refractivity contribution in [3.05, 3.63) is 29.6 Å². The molecule has 1 aromatic carbocycles. The van der Waals surface area contributed by atoms with Crippen LogP contribution in [0.25, 0.3) is 0 Å². The van der Waals surface area contributed by atoms with Gasteiger partial charge in [0.2, 0.25) is 5.91 Å². The number of nitrogens with zero attached hydrogens (tertiary/aromatic N) is 1. The predicted octanol–water partition coefficient (Wildman–Crippen LogP) is 2.60. The highest BCUT2D eigenvalue weighted by atomic mass is 79.9. The third-order valence-corrected chi connectivity index (χ3v) is 3.24. The molecule has 6 heteroatoms. The van der Waals surface area contributed by atoms with Gasteiger partial charge in [-0.15, -0.1) is 0 Å². The summed E-state index contributed by atoms with van der Waals surface area (Å²) in [7, 11) is 0. The van der Waals surface area contributed by atoms with Crippen LogP contribution in [-0.4, -0.2) is 17.3 Å². The fourth-order valence-corrected chi connectivity index (χ4v) is 2.11. The van der Waals surface area contributed by atoms with Crippen LogP contribution in [0.15, 0.2) is 12.1 Å². The highest BCUT2D eigenvalue weighted by molar-refractivity contribution is 9.10. The van der Waals surface area contributed by atoms with Gasteiger partial charge in [0.25, 0.3) is 0 Å². The average molecular weight is 294 g/mol. The maximum Gasteiger partial charge on any atom is 0.240 e. The number of carbonyl (C=O) groups excluding carboxylic acids is 1. The second kappa shape index (κ2) is 4.08. The topological polar surface area (TPSA) is 20.3 Å². The van der Waals surface area contributed by atoms with Crippen LogP contribution >= 0.6 is 15.9 Å². The summed E-state index contributed by atoms with van der Waals surface area (Å²) in [6, 6.07) is 1.13. The lowest BCUT2D eigenvalue weighted by atomic mass is 10.2. The Kier molecular flexibility index (Phi) is 2.92. The van der Waals surface area contributed by atoms with Gasteiger partial charge in [-0.3, -0.25) is 4.79 Å². The predicted molar refractivity (Wildman–Crippen MR) is 56.0 cm³/mol. The standard InChI is InChI=1S/C10H7BrF3NO/c11-6-1-2-15(10(6)16)9-7(13)3-5(12)4-8(9)14/h3-4,6H,1-2H2. The van der Waals surface area contributed by atoms with Crippen LogP contribution in [0.5, 0.6) is 0 Å². The van der Waals surface area contributed by atoms with Crippen LogP contribution in [0, 0.1) is 17.5 Å². The molecule has 1 aromatic rings. The summed E-state index contributed by atoms with van der Waals surface area (Å²) >= 11 is 3.09. The maximum absolute atomic E-state index is 13.4. The summed E-state index contributed by atoms with van der Waals surface area (Å²) < 4.78 is 39.4. The van der Waals surface area contributed by atoms with Crippen LogP contribution in [0.1, 0.15) is 6.42 Å². The third-order valence-electron chi connectivity index (χ3n) is 2.39. The summed E-state index contributed by atoms with van der Waals surface area (Å²) in [4.78, 5) is 12.1. The Labute approximate surface area is 98.2 Å². The molecule has 1 saturated heterocycles. The Hall–Kier alpha value is -1.04. The second-order valence-electron chi connectivity index (χ2n) is 3.46. The molecule has 2 nitrogen and oxygen atoms in total. The van der Waals surface area contributed by atoms with E-state index in [1.807, 2.05) is 0 Å². The molecule has 1 unspecified atom stereocenters. The van der Waals surface area contributed by atoms with E-state index in [-0.39, 0.29) is 6.54 Å². The van der Waals surface area contributed by atoms with E-state index in [0.29, 0.717) is 18.6 Å². The number of hydrogen-bond donors (Lipinski definition) is 0. The lowest BCUT2D eigenvalue weighted by molar-refractivity contribution is -0.116. The SMILES string of the molecule is O=C1C(Br)CCN1c1c(F)cc(F)cc1F. The highest BCUT2D eigenvalue weighted by Gasteiger charge is 2.33. The lowest BCUT2D eigenvalue weighted by Crippen LogP contribution is -2.29. The monoisotopic (exact) mass is 293 g/mol. The molecule has 1 aliphatic rings. The van der Waals surface area contributed by atoms with Crippen molar-refractivity contribution in [2.75, 3.05) is 11.4 Å². The number of hydrogen-bond acceptors (Lipinski definition) is 1. The van der Waals surface area contributed by atoms with E-state index in [4.69, 9.17) is 0 Å². The van der Waals surface area contributed by atoms with Crippen LogP contribution in [-0.2, 0) is 4.79 Å². The van der Waals surface area contributed by atoms with Crippen molar-refractivity contribution in [2.24, 2.45) is 0 Å². The van der Waals surface area contributed by atoms with Gasteiger partial charge >= 0.3 is 0 Å². The van der Waals surface area contributed by atoms with Gasteiger partial charge < -0.3 is 4.90 Å². The smallest absolute Gasteiger partial charge is 0.240 e. The normalized spacial score (nSPS) is 20.6. The van der Waals surface area contributed by atoms with E-state index < -0.39 is 33.9 Å². The highest BCUT2D eigenvalue weighted by Crippen LogP contribution is 2.30. The summed E-state index contributed by atoms with van der Waals surface area (Å²) in [5.74, 6) is -3.54. The Balaban J connectivity index is 2.45. The van der Waals surface area contributed by atoms with E-state index in [2.05, 4.69) is 15.9 Å². The van der Waals surface area contributed by atoms with Crippen molar-refractivity contribution >= 4 is 27.5 Å². The number of carbonyl (C=O) groups is 1. The Morgan fingerprint density at radius 2 is 1.81 bits per heavy atom. The van der Waals surface area contributed by atoms with Gasteiger partial charge in [-0.25, -0.2) is 13.2 Å². The molecule has 1 fully saturated rings. The number of halogens is 4. The molecule has 2 rings (SSSR count). The number of alkyl halides is 1. The fourth-order valence-electron chi connectivity index (χ4n) is 1.66. The molecule has 1 amide bonds. The maximum atomic E-state index is 13.4. The minimum Gasteiger partial charge on any atom is -0.306 e. The molecule has 0 radical (unpaired) electrons. The van der Waals surface area contributed by atoms with Gasteiger partial charge in [0.05, 0.1) is 4.83 Å². The van der Waals surface area contributed by atoms with E-state index in [9.17, 15) is 18.0 Å². The zero-order valence-corrected chi connectivity index (χ0v) is 9.60. The average Bonchev–Trinajstić information content (AvgIpc) is 2.48. The molecule has 86 valence electrons. The Bertz CT molecular complexity index is 429. The van der Waals surface area contributed by atoms with Crippen LogP contribution in [0.4, 0.5) is 18.9 Å². The molecule has 0 spiro atoms. The van der Waals surface area contributed by atoms with Crippen molar-refractivity contribution in [1.82, 2.24) is 0 Å². The van der Waals surface area contributed by atoms with Crippen LogP contribution in [0.3, 0.4) is 0 Å². The van der Waals surface area contributed by atoms with Gasteiger partial charge in [0.15, 0.2) is 11.6 Å². The molecule has 1 atom stereocenters. The first-order valence-electron chi connectivity index (χ1n) is 4.60. The van der Waals surface area contributed by atoms with Crippen molar-refractivity contribution in [3.63, 3.8) is 0 Å². The minimum atomic E-state index is -1.06. The molecule has 16 heavy (non-hydrogen) atoms. The molecule has 0 N–H and O–H groups in total. The van der Waals surface area contributed by atoms with Crippen LogP contribution in [0.2, 0.25) is 0 Å². The summed E-state index contributed by atoms with van der Waals surface area (Å²) in [6.45, 7) is 0.216. The number of benzene rings is 1. The zero-order chi connectivity index (χ0) is 11.9. The Morgan fingerprint density at radius 1 is 1.25 bits per heavy atom. The molecule has 0 aliphatic carbocycles. The fraction of sp³-hybridized carbons (Fsp3) is 0.300. The van der Waals surface area contributed by atoms with Crippen molar-refractivity contribution in [2.45, 2.75) is 11.2 Å². The lowest BCUT2D eigenvalue weighted by Gasteiger charge is -2.17. The minimum absolute atomic E-state index is 0.216. The van der Waals surface area contributed by atoms with E-state index in [1.165, 1.54) is 0 Å². The summed E-state index contributed by atoms with van der Waals surface area (Å²) in [6.07, 6.45) is 0.467. The van der Waals surface area contributed by atoms with E-state index in [1.54, 1.807) is 0 Å². The number of rotatable bonds is 1. The largest absolute Gasteiger partial charge is 0.306 e. The molecule has 0 bridgehead atoms. The summed E-state index contributed by atoms with van der Waals surface area (Å²) in [5, 5.41) is 0. The van der Waals surface area contributed by atoms with Crippen molar-refractivity contribution in [3.8, 4) is 0 Å². The molecular weight excluding hydrogens is 287 g/mol. The van der Waals surface area contributed by atoms with Gasteiger partial charge in [-0.1, -0.05) is 15.9 Å². The first kappa shape index (κ1) is 11.4. The van der Waals surface area contributed by atoms with Crippen molar-refractivity contribution < 1.29 is 18.0 Å². The molecule has 1 heterocycles. The van der Waals surface area contributed by atoms with Gasteiger partial charge in [0, 0.05) is 18.7 Å². The molecule has 1 aliphatic heterocycles. The summed E-state index contributed by atoms with van der Waals surface area (Å²) in [5.41, 5.74) is -0.478. The Morgan fingerprint density at radius 3 is 2.25 bits per heavy atom. The molecule has 0 aromatic heterocycles. The van der Waals surface area contributed by atoms with E-state index in [0.717, 1.165) is 4.90 Å². The van der Waals surface area contributed by atoms with E-state index >= 15 is 0 Å². The third kappa shape index (κ3) is 1.81. The first-order chi connectivity index (χ1) is 7.50. The van der Waals surface area contributed by atoms with Crippen molar-refractivity contribution in [1.29, 1.82) is 0 Å².